The van der Waals surface area contributed by atoms with Crippen molar-refractivity contribution < 1.29 is 4.79 Å². The molecule has 0 spiro atoms. The van der Waals surface area contributed by atoms with Gasteiger partial charge in [-0.2, -0.15) is 5.10 Å². The van der Waals surface area contributed by atoms with Gasteiger partial charge in [-0.05, 0) is 43.2 Å². The Morgan fingerprint density at radius 1 is 1.38 bits per heavy atom. The Labute approximate surface area is 148 Å². The van der Waals surface area contributed by atoms with Crippen LogP contribution in [0, 0.1) is 13.8 Å². The molecule has 24 heavy (non-hydrogen) atoms. The van der Waals surface area contributed by atoms with E-state index in [0.29, 0.717) is 5.02 Å². The minimum atomic E-state index is -0.0308. The van der Waals surface area contributed by atoms with Crippen LogP contribution in [0.15, 0.2) is 24.3 Å². The van der Waals surface area contributed by atoms with Gasteiger partial charge in [-0.15, -0.1) is 0 Å². The van der Waals surface area contributed by atoms with E-state index in [0.717, 1.165) is 24.2 Å². The Morgan fingerprint density at radius 2 is 2.08 bits per heavy atom. The number of fused-ring (bicyclic) bond motifs is 1. The van der Waals surface area contributed by atoms with E-state index in [9.17, 15) is 4.79 Å². The fraction of sp³-hybridized carbons (Fsp3) is 0.474. The third-order valence-electron chi connectivity index (χ3n) is 5.05. The summed E-state index contributed by atoms with van der Waals surface area (Å²) in [5, 5.41) is 8.14. The lowest BCUT2D eigenvalue weighted by Crippen LogP contribution is -2.37. The Hall–Kier alpha value is -1.81. The van der Waals surface area contributed by atoms with Crippen LogP contribution in [0.2, 0.25) is 5.02 Å². The molecular weight excluding hydrogens is 322 g/mol. The quantitative estimate of drug-likeness (QED) is 0.911. The van der Waals surface area contributed by atoms with Gasteiger partial charge in [0.15, 0.2) is 0 Å². The van der Waals surface area contributed by atoms with Crippen LogP contribution in [-0.4, -0.2) is 15.7 Å². The van der Waals surface area contributed by atoms with E-state index < -0.39 is 0 Å². The second kappa shape index (κ2) is 6.25. The van der Waals surface area contributed by atoms with Crippen molar-refractivity contribution in [3.63, 3.8) is 0 Å². The van der Waals surface area contributed by atoms with Gasteiger partial charge in [-0.25, -0.2) is 0 Å². The summed E-state index contributed by atoms with van der Waals surface area (Å²) in [6.07, 6.45) is 2.01. The monoisotopic (exact) mass is 345 g/mol. The second-order valence-electron chi connectivity index (χ2n) is 7.27. The van der Waals surface area contributed by atoms with Crippen LogP contribution in [0.25, 0.3) is 0 Å². The normalized spacial score (nSPS) is 19.0. The third kappa shape index (κ3) is 3.07. The largest absolute Gasteiger partial charge is 0.348 e. The zero-order valence-corrected chi connectivity index (χ0v) is 15.4. The first kappa shape index (κ1) is 17.0. The first-order valence-corrected chi connectivity index (χ1v) is 8.75. The number of carbonyl (C=O) groups is 1. The van der Waals surface area contributed by atoms with Gasteiger partial charge in [0.05, 0.1) is 22.5 Å². The number of nitrogens with one attached hydrogen (secondary N) is 1. The van der Waals surface area contributed by atoms with E-state index in [4.69, 9.17) is 11.6 Å². The minimum absolute atomic E-state index is 0.0308. The summed E-state index contributed by atoms with van der Waals surface area (Å²) >= 11 is 6.16. The third-order valence-corrected chi connectivity index (χ3v) is 5.59. The highest BCUT2D eigenvalue weighted by atomic mass is 35.5. The average Bonchev–Trinajstić information content (AvgIpc) is 2.78. The lowest BCUT2D eigenvalue weighted by molar-refractivity contribution is -0.122. The number of benzene rings is 1. The summed E-state index contributed by atoms with van der Waals surface area (Å²) in [4.78, 5) is 12.5. The lowest BCUT2D eigenvalue weighted by atomic mass is 9.71. The van der Waals surface area contributed by atoms with E-state index in [2.05, 4.69) is 42.5 Å². The number of hydrogen-bond donors (Lipinski definition) is 1. The van der Waals surface area contributed by atoms with Crippen LogP contribution in [0.5, 0.6) is 0 Å². The summed E-state index contributed by atoms with van der Waals surface area (Å²) in [6.45, 7) is 8.46. The van der Waals surface area contributed by atoms with Crippen molar-refractivity contribution in [2.75, 3.05) is 0 Å². The molecule has 1 aromatic carbocycles. The summed E-state index contributed by atoms with van der Waals surface area (Å²) < 4.78 is 1.67. The maximum Gasteiger partial charge on any atom is 0.242 e. The van der Waals surface area contributed by atoms with Crippen molar-refractivity contribution in [1.82, 2.24) is 15.1 Å². The first-order valence-electron chi connectivity index (χ1n) is 8.38. The number of nitrogens with zero attached hydrogens (tertiary/aromatic N) is 2. The lowest BCUT2D eigenvalue weighted by Gasteiger charge is -2.37. The van der Waals surface area contributed by atoms with Crippen LogP contribution in [0.1, 0.15) is 55.2 Å². The molecule has 1 heterocycles. The molecule has 1 aliphatic carbocycles. The maximum absolute atomic E-state index is 12.5. The zero-order valence-electron chi connectivity index (χ0n) is 14.7. The number of amides is 1. The van der Waals surface area contributed by atoms with Gasteiger partial charge >= 0.3 is 0 Å². The molecule has 2 aromatic rings. The molecule has 1 amide bonds. The molecule has 128 valence electrons. The number of aromatic nitrogens is 2. The van der Waals surface area contributed by atoms with Crippen molar-refractivity contribution in [3.8, 4) is 0 Å². The molecule has 0 saturated heterocycles. The minimum Gasteiger partial charge on any atom is -0.348 e. The van der Waals surface area contributed by atoms with Crippen LogP contribution < -0.4 is 5.32 Å². The van der Waals surface area contributed by atoms with Crippen LogP contribution in [0.4, 0.5) is 0 Å². The maximum atomic E-state index is 12.5. The predicted molar refractivity (Wildman–Crippen MR) is 96.3 cm³/mol. The van der Waals surface area contributed by atoms with Crippen LogP contribution >= 0.6 is 11.6 Å². The number of aryl methyl sites for hydroxylation is 1. The van der Waals surface area contributed by atoms with Crippen molar-refractivity contribution >= 4 is 17.5 Å². The fourth-order valence-corrected chi connectivity index (χ4v) is 3.70. The smallest absolute Gasteiger partial charge is 0.242 e. The number of hydrogen-bond acceptors (Lipinski definition) is 2. The van der Waals surface area contributed by atoms with Gasteiger partial charge in [0.2, 0.25) is 5.91 Å². The molecule has 0 bridgehead atoms. The zero-order chi connectivity index (χ0) is 17.5. The van der Waals surface area contributed by atoms with Gasteiger partial charge in [0, 0.05) is 0 Å². The molecule has 0 saturated carbocycles. The molecule has 5 heteroatoms. The van der Waals surface area contributed by atoms with E-state index in [1.165, 1.54) is 11.1 Å². The van der Waals surface area contributed by atoms with E-state index in [1.807, 2.05) is 19.9 Å². The number of carbonyl (C=O) groups excluding carboxylic acids is 1. The van der Waals surface area contributed by atoms with Crippen molar-refractivity contribution in [1.29, 1.82) is 0 Å². The number of rotatable bonds is 3. The molecule has 0 radical (unpaired) electrons. The molecule has 1 N–H and O–H groups in total. The molecule has 3 rings (SSSR count). The van der Waals surface area contributed by atoms with Crippen molar-refractivity contribution in [2.24, 2.45) is 0 Å². The van der Waals surface area contributed by atoms with E-state index >= 15 is 0 Å². The predicted octanol–water partition coefficient (Wildman–Crippen LogP) is 4.08. The molecule has 1 aliphatic rings. The summed E-state index contributed by atoms with van der Waals surface area (Å²) in [7, 11) is 0. The SMILES string of the molecule is Cc1nn(CC(=O)NC2CCC(C)(C)c3ccccc32)c(C)c1Cl. The Balaban J connectivity index is 1.77. The Bertz CT molecular complexity index is 779. The molecular formula is C19H24ClN3O. The van der Waals surface area contributed by atoms with Gasteiger partial charge in [-0.1, -0.05) is 49.7 Å². The summed E-state index contributed by atoms with van der Waals surface area (Å²) in [5.41, 5.74) is 4.30. The van der Waals surface area contributed by atoms with Gasteiger partial charge in [0.1, 0.15) is 6.54 Å². The van der Waals surface area contributed by atoms with E-state index in [1.54, 1.807) is 4.68 Å². The van der Waals surface area contributed by atoms with Crippen LogP contribution in [-0.2, 0) is 16.8 Å². The van der Waals surface area contributed by atoms with Gasteiger partial charge < -0.3 is 5.32 Å². The van der Waals surface area contributed by atoms with E-state index in [-0.39, 0.29) is 23.9 Å². The Kier molecular flexibility index (Phi) is 4.43. The molecule has 0 aliphatic heterocycles. The molecule has 0 fully saturated rings. The molecule has 1 aromatic heterocycles. The topological polar surface area (TPSA) is 46.9 Å². The molecule has 1 atom stereocenters. The average molecular weight is 346 g/mol. The standard InChI is InChI=1S/C19H24ClN3O/c1-12-18(20)13(2)23(22-12)11-17(24)21-16-9-10-19(3,4)15-8-6-5-7-14(15)16/h5-8,16H,9-11H2,1-4H3,(H,21,24). The second-order valence-corrected chi connectivity index (χ2v) is 7.65. The summed E-state index contributed by atoms with van der Waals surface area (Å²) in [6, 6.07) is 8.48. The highest BCUT2D eigenvalue weighted by Gasteiger charge is 2.32. The fourth-order valence-electron chi connectivity index (χ4n) is 3.57. The molecule has 4 nitrogen and oxygen atoms in total. The number of halogens is 1. The van der Waals surface area contributed by atoms with Crippen LogP contribution in [0.3, 0.4) is 0 Å². The van der Waals surface area contributed by atoms with Crippen molar-refractivity contribution in [3.05, 3.63) is 51.8 Å². The Morgan fingerprint density at radius 3 is 2.75 bits per heavy atom. The highest BCUT2D eigenvalue weighted by molar-refractivity contribution is 6.31. The van der Waals surface area contributed by atoms with Crippen molar-refractivity contribution in [2.45, 2.75) is 58.5 Å². The first-order chi connectivity index (χ1) is 11.3. The molecule has 1 unspecified atom stereocenters. The highest BCUT2D eigenvalue weighted by Crippen LogP contribution is 2.41. The van der Waals surface area contributed by atoms with Gasteiger partial charge in [-0.3, -0.25) is 9.48 Å². The van der Waals surface area contributed by atoms with Gasteiger partial charge in [0.25, 0.3) is 0 Å². The summed E-state index contributed by atoms with van der Waals surface area (Å²) in [5.74, 6) is -0.0308.